The zero-order chi connectivity index (χ0) is 22.0. The Morgan fingerprint density at radius 2 is 2.03 bits per heavy atom. The first kappa shape index (κ1) is 21.8. The van der Waals surface area contributed by atoms with Gasteiger partial charge in [-0.2, -0.15) is 0 Å². The third kappa shape index (κ3) is 4.75. The van der Waals surface area contributed by atoms with Gasteiger partial charge in [0.2, 0.25) is 5.91 Å². The van der Waals surface area contributed by atoms with Crippen LogP contribution in [0.3, 0.4) is 0 Å². The lowest BCUT2D eigenvalue weighted by atomic mass is 9.97. The van der Waals surface area contributed by atoms with E-state index in [9.17, 15) is 4.79 Å². The average molecular weight is 439 g/mol. The summed E-state index contributed by atoms with van der Waals surface area (Å²) in [5.74, 6) is 0.819. The summed E-state index contributed by atoms with van der Waals surface area (Å²) in [5.41, 5.74) is 5.45. The summed E-state index contributed by atoms with van der Waals surface area (Å²) in [5, 5.41) is 0.713. The first-order chi connectivity index (χ1) is 15.0. The zero-order valence-corrected chi connectivity index (χ0v) is 19.6. The van der Waals surface area contributed by atoms with Gasteiger partial charge >= 0.3 is 0 Å². The highest BCUT2D eigenvalue weighted by atomic mass is 32.1. The Morgan fingerprint density at radius 3 is 2.71 bits per heavy atom. The zero-order valence-electron chi connectivity index (χ0n) is 18.7. The Hall–Kier alpha value is -2.44. The highest BCUT2D eigenvalue weighted by Gasteiger charge is 2.27. The van der Waals surface area contributed by atoms with Crippen LogP contribution in [0.5, 0.6) is 5.75 Å². The van der Waals surface area contributed by atoms with E-state index in [1.165, 1.54) is 16.9 Å². The van der Waals surface area contributed by atoms with E-state index in [0.29, 0.717) is 24.7 Å². The summed E-state index contributed by atoms with van der Waals surface area (Å²) in [6.07, 6.45) is 2.43. The van der Waals surface area contributed by atoms with Gasteiger partial charge in [0, 0.05) is 6.61 Å². The SMILES string of the molecule is CCOc1cccc2sc(N(CC3CCCO3)C(=O)Cc3c(C)cc(C)cc3C)nc12. The minimum atomic E-state index is 0.0579. The van der Waals surface area contributed by atoms with Gasteiger partial charge in [0.25, 0.3) is 0 Å². The number of hydrogen-bond donors (Lipinski definition) is 0. The second-order valence-electron chi connectivity index (χ2n) is 8.23. The van der Waals surface area contributed by atoms with Gasteiger partial charge in [0.05, 0.1) is 30.4 Å². The first-order valence-electron chi connectivity index (χ1n) is 11.0. The van der Waals surface area contributed by atoms with Crippen molar-refractivity contribution < 1.29 is 14.3 Å². The van der Waals surface area contributed by atoms with Crippen molar-refractivity contribution in [1.29, 1.82) is 0 Å². The Balaban J connectivity index is 1.68. The van der Waals surface area contributed by atoms with E-state index in [2.05, 4.69) is 32.9 Å². The maximum atomic E-state index is 13.6. The molecule has 0 bridgehead atoms. The van der Waals surface area contributed by atoms with E-state index in [-0.39, 0.29) is 12.0 Å². The average Bonchev–Trinajstić information content (AvgIpc) is 3.39. The lowest BCUT2D eigenvalue weighted by molar-refractivity contribution is -0.118. The van der Waals surface area contributed by atoms with Crippen LogP contribution < -0.4 is 9.64 Å². The molecule has 0 N–H and O–H groups in total. The number of thiazole rings is 1. The monoisotopic (exact) mass is 438 g/mol. The van der Waals surface area contributed by atoms with Crippen LogP contribution in [-0.4, -0.2) is 36.8 Å². The molecule has 0 radical (unpaired) electrons. The fourth-order valence-electron chi connectivity index (χ4n) is 4.31. The van der Waals surface area contributed by atoms with Gasteiger partial charge < -0.3 is 9.47 Å². The fourth-order valence-corrected chi connectivity index (χ4v) is 5.32. The second-order valence-corrected chi connectivity index (χ2v) is 9.23. The van der Waals surface area contributed by atoms with Gasteiger partial charge in [-0.1, -0.05) is 35.1 Å². The normalized spacial score (nSPS) is 16.1. The number of nitrogens with zero attached hydrogens (tertiary/aromatic N) is 2. The molecule has 3 aromatic rings. The minimum Gasteiger partial charge on any atom is -0.492 e. The molecule has 0 saturated carbocycles. The molecular weight excluding hydrogens is 408 g/mol. The summed E-state index contributed by atoms with van der Waals surface area (Å²) in [6.45, 7) is 10.1. The van der Waals surface area contributed by atoms with E-state index in [1.807, 2.05) is 30.0 Å². The number of aryl methyl sites for hydroxylation is 3. The van der Waals surface area contributed by atoms with Crippen molar-refractivity contribution in [3.63, 3.8) is 0 Å². The van der Waals surface area contributed by atoms with Crippen molar-refractivity contribution in [1.82, 2.24) is 4.98 Å². The molecule has 0 spiro atoms. The van der Waals surface area contributed by atoms with Crippen molar-refractivity contribution in [3.8, 4) is 5.75 Å². The van der Waals surface area contributed by atoms with Crippen LogP contribution in [0.15, 0.2) is 30.3 Å². The quantitative estimate of drug-likeness (QED) is 0.497. The van der Waals surface area contributed by atoms with Crippen molar-refractivity contribution in [2.75, 3.05) is 24.7 Å². The number of anilines is 1. The number of para-hydroxylation sites is 1. The number of aromatic nitrogens is 1. The fraction of sp³-hybridized carbons (Fsp3) is 0.440. The predicted octanol–water partition coefficient (Wildman–Crippen LogP) is 5.37. The number of rotatable bonds is 7. The topological polar surface area (TPSA) is 51.7 Å². The van der Waals surface area contributed by atoms with Gasteiger partial charge in [-0.3, -0.25) is 9.69 Å². The molecule has 2 aromatic carbocycles. The molecule has 1 amide bonds. The van der Waals surface area contributed by atoms with E-state index in [4.69, 9.17) is 14.5 Å². The molecule has 5 nitrogen and oxygen atoms in total. The second kappa shape index (κ2) is 9.37. The lowest BCUT2D eigenvalue weighted by Crippen LogP contribution is -2.38. The molecule has 1 aromatic heterocycles. The number of hydrogen-bond acceptors (Lipinski definition) is 5. The third-order valence-electron chi connectivity index (χ3n) is 5.78. The Morgan fingerprint density at radius 1 is 1.26 bits per heavy atom. The lowest BCUT2D eigenvalue weighted by Gasteiger charge is -2.24. The highest BCUT2D eigenvalue weighted by Crippen LogP contribution is 2.35. The molecular formula is C25H30N2O3S. The Bertz CT molecular complexity index is 1060. The van der Waals surface area contributed by atoms with Gasteiger partial charge in [-0.15, -0.1) is 0 Å². The number of carbonyl (C=O) groups is 1. The summed E-state index contributed by atoms with van der Waals surface area (Å²) < 4.78 is 12.6. The molecule has 1 unspecified atom stereocenters. The number of fused-ring (bicyclic) bond motifs is 1. The minimum absolute atomic E-state index is 0.0579. The molecule has 1 fully saturated rings. The molecule has 0 aliphatic carbocycles. The summed E-state index contributed by atoms with van der Waals surface area (Å²) in [6, 6.07) is 10.2. The van der Waals surface area contributed by atoms with E-state index < -0.39 is 0 Å². The Kier molecular flexibility index (Phi) is 6.58. The van der Waals surface area contributed by atoms with Crippen molar-refractivity contribution in [2.24, 2.45) is 0 Å². The number of benzene rings is 2. The Labute approximate surface area is 188 Å². The smallest absolute Gasteiger partial charge is 0.233 e. The van der Waals surface area contributed by atoms with Crippen LogP contribution in [0, 0.1) is 20.8 Å². The standard InChI is InChI=1S/C25H30N2O3S/c1-5-29-21-9-6-10-22-24(21)26-25(31-22)27(15-19-8-7-11-30-19)23(28)14-20-17(3)12-16(2)13-18(20)4/h6,9-10,12-13,19H,5,7-8,11,14-15H2,1-4H3. The molecule has 31 heavy (non-hydrogen) atoms. The first-order valence-corrected chi connectivity index (χ1v) is 11.8. The summed E-state index contributed by atoms with van der Waals surface area (Å²) >= 11 is 1.54. The molecule has 6 heteroatoms. The van der Waals surface area contributed by atoms with E-state index in [1.54, 1.807) is 0 Å². The highest BCUT2D eigenvalue weighted by molar-refractivity contribution is 7.22. The molecule has 2 heterocycles. The van der Waals surface area contributed by atoms with Crippen LogP contribution in [0.4, 0.5) is 5.13 Å². The maximum Gasteiger partial charge on any atom is 0.233 e. The number of amides is 1. The van der Waals surface area contributed by atoms with Crippen molar-refractivity contribution in [2.45, 2.75) is 53.1 Å². The molecule has 1 aliphatic rings. The van der Waals surface area contributed by atoms with Gasteiger partial charge in [0.1, 0.15) is 11.3 Å². The molecule has 4 rings (SSSR count). The van der Waals surface area contributed by atoms with Gasteiger partial charge in [-0.25, -0.2) is 4.98 Å². The van der Waals surface area contributed by atoms with E-state index in [0.717, 1.165) is 52.1 Å². The molecule has 1 saturated heterocycles. The third-order valence-corrected chi connectivity index (χ3v) is 6.82. The summed E-state index contributed by atoms with van der Waals surface area (Å²) in [4.78, 5) is 20.3. The van der Waals surface area contributed by atoms with Crippen molar-refractivity contribution >= 4 is 32.6 Å². The van der Waals surface area contributed by atoms with Crippen molar-refractivity contribution in [3.05, 3.63) is 52.6 Å². The molecule has 164 valence electrons. The molecule has 1 atom stereocenters. The van der Waals surface area contributed by atoms with Crippen LogP contribution in [0.1, 0.15) is 42.0 Å². The largest absolute Gasteiger partial charge is 0.492 e. The van der Waals surface area contributed by atoms with Crippen LogP contribution >= 0.6 is 11.3 Å². The predicted molar refractivity (Wildman–Crippen MR) is 126 cm³/mol. The molecule has 1 aliphatic heterocycles. The summed E-state index contributed by atoms with van der Waals surface area (Å²) in [7, 11) is 0. The number of carbonyl (C=O) groups excluding carboxylic acids is 1. The van der Waals surface area contributed by atoms with Crippen LogP contribution in [-0.2, 0) is 16.0 Å². The van der Waals surface area contributed by atoms with Gasteiger partial charge in [0.15, 0.2) is 5.13 Å². The maximum absolute atomic E-state index is 13.6. The van der Waals surface area contributed by atoms with Crippen LogP contribution in [0.2, 0.25) is 0 Å². The van der Waals surface area contributed by atoms with Gasteiger partial charge in [-0.05, 0) is 69.4 Å². The van der Waals surface area contributed by atoms with Crippen LogP contribution in [0.25, 0.3) is 10.2 Å². The number of ether oxygens (including phenoxy) is 2. The van der Waals surface area contributed by atoms with E-state index >= 15 is 0 Å².